The zero-order chi connectivity index (χ0) is 14.1. The number of carbonyl (C=O) groups is 1. The average Bonchev–Trinajstić information content (AvgIpc) is 2.32. The van der Waals surface area contributed by atoms with Crippen molar-refractivity contribution in [1.82, 2.24) is 0 Å². The highest BCUT2D eigenvalue weighted by Crippen LogP contribution is 2.10. The minimum Gasteiger partial charge on any atom is -0.481 e. The van der Waals surface area contributed by atoms with Crippen molar-refractivity contribution in [3.05, 3.63) is 0 Å². The van der Waals surface area contributed by atoms with Crippen LogP contribution in [0.3, 0.4) is 0 Å². The average molecular weight is 299 g/mol. The molecule has 0 amide bonds. The minimum absolute atomic E-state index is 0.194. The van der Waals surface area contributed by atoms with Gasteiger partial charge < -0.3 is 5.11 Å². The van der Waals surface area contributed by atoms with Crippen molar-refractivity contribution in [2.24, 2.45) is 0 Å². The Balaban J connectivity index is 0. The van der Waals surface area contributed by atoms with Crippen molar-refractivity contribution in [1.29, 1.82) is 0 Å². The molecule has 0 aromatic rings. The van der Waals surface area contributed by atoms with E-state index in [0.29, 0.717) is 6.42 Å². The minimum atomic E-state index is -0.658. The van der Waals surface area contributed by atoms with E-state index in [-0.39, 0.29) is 5.34 Å². The number of unbranched alkanes of at least 4 members (excludes halogenated alkanes) is 9. The van der Waals surface area contributed by atoms with Crippen LogP contribution in [0.1, 0.15) is 77.6 Å². The molecule has 0 saturated heterocycles. The van der Waals surface area contributed by atoms with E-state index in [1.165, 1.54) is 51.4 Å². The molecule has 2 nitrogen and oxygen atoms in total. The number of halogens is 2. The fourth-order valence-corrected chi connectivity index (χ4v) is 1.76. The lowest BCUT2D eigenvalue weighted by Gasteiger charge is -2.01. The van der Waals surface area contributed by atoms with Gasteiger partial charge in [0.1, 0.15) is 0 Å². The first kappa shape index (κ1) is 20.4. The highest BCUT2D eigenvalue weighted by molar-refractivity contribution is 6.40. The van der Waals surface area contributed by atoms with Gasteiger partial charge >= 0.3 is 5.97 Å². The first-order chi connectivity index (χ1) is 8.68. The fraction of sp³-hybridized carbons (Fsp3) is 0.929. The summed E-state index contributed by atoms with van der Waals surface area (Å²) in [5.74, 6) is -0.658. The molecule has 0 aliphatic heterocycles. The molecule has 0 atom stereocenters. The smallest absolute Gasteiger partial charge is 0.303 e. The number of hydrogen-bond acceptors (Lipinski definition) is 1. The molecule has 0 bridgehead atoms. The monoisotopic (exact) mass is 298 g/mol. The summed E-state index contributed by atoms with van der Waals surface area (Å²) >= 11 is 9.53. The molecule has 0 fully saturated rings. The fourth-order valence-electron chi connectivity index (χ4n) is 1.76. The molecule has 110 valence electrons. The molecule has 0 heterocycles. The second kappa shape index (κ2) is 19.4. The van der Waals surface area contributed by atoms with Crippen LogP contribution in [0.15, 0.2) is 0 Å². The van der Waals surface area contributed by atoms with E-state index in [4.69, 9.17) is 28.3 Å². The predicted octanol–water partition coefficient (Wildman–Crippen LogP) is 5.80. The summed E-state index contributed by atoms with van der Waals surface area (Å²) in [5, 5.41) is 8.63. The summed E-state index contributed by atoms with van der Waals surface area (Å²) in [7, 11) is 0. The molecule has 0 saturated carbocycles. The SMILES string of the molecule is CCCCCCCCCCCCC(=O)O.ClCCl. The number of carboxylic acids is 1. The molecule has 4 heteroatoms. The van der Waals surface area contributed by atoms with Crippen LogP contribution in [-0.2, 0) is 4.79 Å². The maximum Gasteiger partial charge on any atom is 0.303 e. The Morgan fingerprint density at radius 2 is 1.17 bits per heavy atom. The number of rotatable bonds is 11. The van der Waals surface area contributed by atoms with Gasteiger partial charge in [-0.2, -0.15) is 0 Å². The molecule has 0 aromatic heterocycles. The van der Waals surface area contributed by atoms with Gasteiger partial charge in [0.05, 0.1) is 5.34 Å². The molecule has 0 aromatic carbocycles. The van der Waals surface area contributed by atoms with Crippen LogP contribution in [0, 0.1) is 0 Å². The second-order valence-electron chi connectivity index (χ2n) is 4.43. The van der Waals surface area contributed by atoms with Crippen LogP contribution >= 0.6 is 23.2 Å². The topological polar surface area (TPSA) is 37.3 Å². The molecule has 18 heavy (non-hydrogen) atoms. The van der Waals surface area contributed by atoms with Crippen LogP contribution in [-0.4, -0.2) is 16.4 Å². The molecule has 0 unspecified atom stereocenters. The molecule has 0 aliphatic carbocycles. The van der Waals surface area contributed by atoms with Crippen LogP contribution in [0.25, 0.3) is 0 Å². The summed E-state index contributed by atoms with van der Waals surface area (Å²) < 4.78 is 0. The summed E-state index contributed by atoms with van der Waals surface area (Å²) in [6.45, 7) is 2.24. The van der Waals surface area contributed by atoms with E-state index >= 15 is 0 Å². The predicted molar refractivity (Wildman–Crippen MR) is 80.7 cm³/mol. The largest absolute Gasteiger partial charge is 0.481 e. The summed E-state index contributed by atoms with van der Waals surface area (Å²) in [6, 6.07) is 0. The van der Waals surface area contributed by atoms with Gasteiger partial charge in [-0.25, -0.2) is 0 Å². The number of alkyl halides is 2. The van der Waals surface area contributed by atoms with Crippen LogP contribution in [0.5, 0.6) is 0 Å². The van der Waals surface area contributed by atoms with E-state index in [9.17, 15) is 4.79 Å². The zero-order valence-corrected chi connectivity index (χ0v) is 13.1. The zero-order valence-electron chi connectivity index (χ0n) is 11.6. The van der Waals surface area contributed by atoms with Crippen LogP contribution < -0.4 is 0 Å². The quantitative estimate of drug-likeness (QED) is 0.386. The number of aliphatic carboxylic acids is 1. The Bertz CT molecular complexity index is 164. The molecule has 0 spiro atoms. The van der Waals surface area contributed by atoms with E-state index in [1.54, 1.807) is 0 Å². The van der Waals surface area contributed by atoms with Crippen molar-refractivity contribution >= 4 is 29.2 Å². The van der Waals surface area contributed by atoms with Gasteiger partial charge in [0, 0.05) is 6.42 Å². The number of carboxylic acid groups (broad SMARTS) is 1. The van der Waals surface area contributed by atoms with E-state index in [0.717, 1.165) is 12.8 Å². The van der Waals surface area contributed by atoms with Crippen molar-refractivity contribution in [3.63, 3.8) is 0 Å². The Morgan fingerprint density at radius 3 is 1.50 bits per heavy atom. The van der Waals surface area contributed by atoms with E-state index < -0.39 is 5.97 Å². The lowest BCUT2D eigenvalue weighted by Crippen LogP contribution is -1.93. The van der Waals surface area contributed by atoms with Gasteiger partial charge in [-0.1, -0.05) is 64.7 Å². The Hall–Kier alpha value is 0.0500. The molecule has 0 rings (SSSR count). The lowest BCUT2D eigenvalue weighted by atomic mass is 10.1. The molecular formula is C14H28Cl2O2. The molecule has 0 aliphatic rings. The second-order valence-corrected chi connectivity index (χ2v) is 5.23. The third kappa shape index (κ3) is 25.0. The molecule has 1 N–H and O–H groups in total. The maximum atomic E-state index is 10.2. The van der Waals surface area contributed by atoms with Crippen LogP contribution in [0.4, 0.5) is 0 Å². The van der Waals surface area contributed by atoms with Gasteiger partial charge in [-0.05, 0) is 6.42 Å². The van der Waals surface area contributed by atoms with Gasteiger partial charge in [-0.15, -0.1) is 23.2 Å². The van der Waals surface area contributed by atoms with Gasteiger partial charge in [0.25, 0.3) is 0 Å². The summed E-state index contributed by atoms with van der Waals surface area (Å²) in [6.07, 6.45) is 12.9. The maximum absolute atomic E-state index is 10.2. The normalized spacial score (nSPS) is 9.72. The lowest BCUT2D eigenvalue weighted by molar-refractivity contribution is -0.137. The van der Waals surface area contributed by atoms with Gasteiger partial charge in [0.2, 0.25) is 0 Å². The van der Waals surface area contributed by atoms with Crippen LogP contribution in [0.2, 0.25) is 0 Å². The highest BCUT2D eigenvalue weighted by atomic mass is 35.5. The first-order valence-corrected chi connectivity index (χ1v) is 8.09. The standard InChI is InChI=1S/C13H26O2.CH2Cl2/c1-2-3-4-5-6-7-8-9-10-11-12-13(14)15;2-1-3/h2-12H2,1H3,(H,14,15);1H2. The molecule has 0 radical (unpaired) electrons. The van der Waals surface area contributed by atoms with Crippen molar-refractivity contribution < 1.29 is 9.90 Å². The summed E-state index contributed by atoms with van der Waals surface area (Å²) in [4.78, 5) is 10.2. The highest BCUT2D eigenvalue weighted by Gasteiger charge is 1.96. The third-order valence-electron chi connectivity index (χ3n) is 2.74. The van der Waals surface area contributed by atoms with Crippen molar-refractivity contribution in [2.45, 2.75) is 77.6 Å². The van der Waals surface area contributed by atoms with E-state index in [2.05, 4.69) is 6.92 Å². The summed E-state index contributed by atoms with van der Waals surface area (Å²) in [5.41, 5.74) is 0. The Morgan fingerprint density at radius 1 is 0.833 bits per heavy atom. The Kier molecular flexibility index (Phi) is 21.9. The first-order valence-electron chi connectivity index (χ1n) is 7.02. The van der Waals surface area contributed by atoms with Gasteiger partial charge in [0.15, 0.2) is 0 Å². The molecular weight excluding hydrogens is 271 g/mol. The van der Waals surface area contributed by atoms with Gasteiger partial charge in [-0.3, -0.25) is 4.79 Å². The Labute approximate surface area is 122 Å². The number of hydrogen-bond donors (Lipinski definition) is 1. The van der Waals surface area contributed by atoms with Crippen molar-refractivity contribution in [2.75, 3.05) is 5.34 Å². The third-order valence-corrected chi connectivity index (χ3v) is 2.74. The van der Waals surface area contributed by atoms with Crippen molar-refractivity contribution in [3.8, 4) is 0 Å². The van der Waals surface area contributed by atoms with E-state index in [1.807, 2.05) is 0 Å².